The number of aliphatic carboxylic acids is 1. The van der Waals surface area contributed by atoms with Gasteiger partial charge in [-0.2, -0.15) is 0 Å². The molecule has 100 valence electrons. The van der Waals surface area contributed by atoms with Gasteiger partial charge in [-0.05, 0) is 20.8 Å². The summed E-state index contributed by atoms with van der Waals surface area (Å²) in [5.41, 5.74) is 1.35. The Morgan fingerprint density at radius 1 is 1.28 bits per heavy atom. The number of furan rings is 1. The highest BCUT2D eigenvalue weighted by Gasteiger charge is 2.24. The highest BCUT2D eigenvalue weighted by molar-refractivity contribution is 5.96. The second-order valence-electron chi connectivity index (χ2n) is 4.64. The minimum absolute atomic E-state index is 0.178. The number of carboxylic acid groups (broad SMARTS) is 1. The number of amides is 1. The Balaban J connectivity index is 2.90. The van der Waals surface area contributed by atoms with Crippen molar-refractivity contribution in [1.82, 2.24) is 4.90 Å². The van der Waals surface area contributed by atoms with Gasteiger partial charge in [-0.1, -0.05) is 6.92 Å². The first-order valence-electron chi connectivity index (χ1n) is 5.80. The minimum Gasteiger partial charge on any atom is -0.481 e. The molecule has 0 aliphatic carbocycles. The van der Waals surface area contributed by atoms with Crippen LogP contribution in [0.25, 0.3) is 0 Å². The predicted molar refractivity (Wildman–Crippen MR) is 66.7 cm³/mol. The molecule has 1 heterocycles. The highest BCUT2D eigenvalue weighted by Crippen LogP contribution is 2.22. The van der Waals surface area contributed by atoms with E-state index in [2.05, 4.69) is 0 Å². The average molecular weight is 253 g/mol. The van der Waals surface area contributed by atoms with Crippen LogP contribution in [0.5, 0.6) is 0 Å². The summed E-state index contributed by atoms with van der Waals surface area (Å²) in [6.45, 7) is 7.12. The third kappa shape index (κ3) is 2.72. The van der Waals surface area contributed by atoms with Crippen molar-refractivity contribution in [2.24, 2.45) is 5.92 Å². The number of rotatable bonds is 4. The van der Waals surface area contributed by atoms with Crippen molar-refractivity contribution in [2.75, 3.05) is 13.6 Å². The maximum absolute atomic E-state index is 12.2. The van der Waals surface area contributed by atoms with Gasteiger partial charge in [-0.15, -0.1) is 0 Å². The van der Waals surface area contributed by atoms with E-state index in [1.807, 2.05) is 6.92 Å². The first-order valence-corrected chi connectivity index (χ1v) is 5.80. The van der Waals surface area contributed by atoms with Crippen LogP contribution in [0.1, 0.15) is 34.4 Å². The van der Waals surface area contributed by atoms with E-state index in [0.717, 1.165) is 11.3 Å². The standard InChI is InChI=1S/C13H19NO4/c1-7(13(16)17)6-14(5)12(15)11-8(2)9(3)18-10(11)4/h7H,6H2,1-5H3,(H,16,17). The lowest BCUT2D eigenvalue weighted by atomic mass is 10.1. The number of carboxylic acids is 1. The lowest BCUT2D eigenvalue weighted by Crippen LogP contribution is -2.34. The van der Waals surface area contributed by atoms with E-state index in [-0.39, 0.29) is 12.5 Å². The summed E-state index contributed by atoms with van der Waals surface area (Å²) >= 11 is 0. The van der Waals surface area contributed by atoms with E-state index in [1.54, 1.807) is 27.8 Å². The molecular weight excluding hydrogens is 234 g/mol. The highest BCUT2D eigenvalue weighted by atomic mass is 16.4. The van der Waals surface area contributed by atoms with Gasteiger partial charge in [0.15, 0.2) is 0 Å². The van der Waals surface area contributed by atoms with Gasteiger partial charge in [0.1, 0.15) is 11.5 Å². The van der Waals surface area contributed by atoms with Gasteiger partial charge >= 0.3 is 5.97 Å². The monoisotopic (exact) mass is 253 g/mol. The molecule has 0 radical (unpaired) electrons. The van der Waals surface area contributed by atoms with Crippen molar-refractivity contribution >= 4 is 11.9 Å². The van der Waals surface area contributed by atoms with Gasteiger partial charge in [0.05, 0.1) is 11.5 Å². The molecule has 18 heavy (non-hydrogen) atoms. The van der Waals surface area contributed by atoms with Gasteiger partial charge < -0.3 is 14.4 Å². The zero-order chi connectivity index (χ0) is 14.0. The third-order valence-corrected chi connectivity index (χ3v) is 3.09. The van der Waals surface area contributed by atoms with Crippen LogP contribution in [0.2, 0.25) is 0 Å². The molecule has 1 amide bonds. The molecule has 0 aromatic carbocycles. The molecule has 0 spiro atoms. The normalized spacial score (nSPS) is 12.3. The Morgan fingerprint density at radius 3 is 2.22 bits per heavy atom. The van der Waals surface area contributed by atoms with Crippen LogP contribution in [0, 0.1) is 26.7 Å². The SMILES string of the molecule is Cc1oc(C)c(C(=O)N(C)CC(C)C(=O)O)c1C. The van der Waals surface area contributed by atoms with Crippen LogP contribution in [0.4, 0.5) is 0 Å². The average Bonchev–Trinajstić information content (AvgIpc) is 2.52. The number of nitrogens with zero attached hydrogens (tertiary/aromatic N) is 1. The summed E-state index contributed by atoms with van der Waals surface area (Å²) in [5.74, 6) is -0.408. The topological polar surface area (TPSA) is 70.8 Å². The van der Waals surface area contributed by atoms with Crippen LogP contribution in [0.15, 0.2) is 4.42 Å². The number of carbonyl (C=O) groups is 2. The van der Waals surface area contributed by atoms with Crippen molar-refractivity contribution < 1.29 is 19.1 Å². The molecule has 0 aliphatic rings. The van der Waals surface area contributed by atoms with Crippen LogP contribution in [0.3, 0.4) is 0 Å². The van der Waals surface area contributed by atoms with Crippen molar-refractivity contribution in [3.8, 4) is 0 Å². The molecule has 1 aromatic heterocycles. The molecular formula is C13H19NO4. The quantitative estimate of drug-likeness (QED) is 0.890. The molecule has 5 nitrogen and oxygen atoms in total. The molecule has 5 heteroatoms. The Kier molecular flexibility index (Phi) is 4.16. The fourth-order valence-corrected chi connectivity index (χ4v) is 1.87. The summed E-state index contributed by atoms with van der Waals surface area (Å²) in [6.07, 6.45) is 0. The van der Waals surface area contributed by atoms with Crippen LogP contribution < -0.4 is 0 Å². The largest absolute Gasteiger partial charge is 0.481 e. The maximum Gasteiger partial charge on any atom is 0.308 e. The Morgan fingerprint density at radius 2 is 1.83 bits per heavy atom. The van der Waals surface area contributed by atoms with Crippen molar-refractivity contribution in [3.05, 3.63) is 22.6 Å². The fourth-order valence-electron chi connectivity index (χ4n) is 1.87. The maximum atomic E-state index is 12.2. The summed E-state index contributed by atoms with van der Waals surface area (Å²) in [7, 11) is 1.60. The summed E-state index contributed by atoms with van der Waals surface area (Å²) in [4.78, 5) is 24.4. The van der Waals surface area contributed by atoms with E-state index in [0.29, 0.717) is 11.3 Å². The van der Waals surface area contributed by atoms with Crippen molar-refractivity contribution in [1.29, 1.82) is 0 Å². The van der Waals surface area contributed by atoms with Gasteiger partial charge in [-0.25, -0.2) is 0 Å². The first kappa shape index (κ1) is 14.3. The summed E-state index contributed by atoms with van der Waals surface area (Å²) in [5, 5.41) is 8.84. The van der Waals surface area contributed by atoms with E-state index >= 15 is 0 Å². The lowest BCUT2D eigenvalue weighted by Gasteiger charge is -2.19. The number of hydrogen-bond acceptors (Lipinski definition) is 3. The second-order valence-corrected chi connectivity index (χ2v) is 4.64. The molecule has 1 rings (SSSR count). The molecule has 1 N–H and O–H groups in total. The van der Waals surface area contributed by atoms with E-state index < -0.39 is 11.9 Å². The predicted octanol–water partition coefficient (Wildman–Crippen LogP) is 2.00. The van der Waals surface area contributed by atoms with Crippen LogP contribution in [-0.2, 0) is 4.79 Å². The van der Waals surface area contributed by atoms with Gasteiger partial charge in [0, 0.05) is 19.2 Å². The minimum atomic E-state index is -0.911. The second kappa shape index (κ2) is 5.25. The Bertz CT molecular complexity index is 476. The van der Waals surface area contributed by atoms with Gasteiger partial charge in [-0.3, -0.25) is 9.59 Å². The molecule has 0 aliphatic heterocycles. The molecule has 1 unspecified atom stereocenters. The molecule has 0 fully saturated rings. The summed E-state index contributed by atoms with van der Waals surface area (Å²) in [6, 6.07) is 0. The van der Waals surface area contributed by atoms with Crippen LogP contribution in [-0.4, -0.2) is 35.5 Å². The smallest absolute Gasteiger partial charge is 0.308 e. The number of hydrogen-bond donors (Lipinski definition) is 1. The molecule has 0 saturated heterocycles. The first-order chi connectivity index (χ1) is 8.25. The van der Waals surface area contributed by atoms with E-state index in [1.165, 1.54) is 4.90 Å². The van der Waals surface area contributed by atoms with E-state index in [9.17, 15) is 9.59 Å². The Hall–Kier alpha value is -1.78. The zero-order valence-corrected chi connectivity index (χ0v) is 11.4. The number of aryl methyl sites for hydroxylation is 2. The molecule has 0 bridgehead atoms. The fraction of sp³-hybridized carbons (Fsp3) is 0.538. The number of carbonyl (C=O) groups excluding carboxylic acids is 1. The Labute approximate surface area is 106 Å². The van der Waals surface area contributed by atoms with E-state index in [4.69, 9.17) is 9.52 Å². The van der Waals surface area contributed by atoms with Gasteiger partial charge in [0.2, 0.25) is 0 Å². The van der Waals surface area contributed by atoms with Crippen molar-refractivity contribution in [3.63, 3.8) is 0 Å². The third-order valence-electron chi connectivity index (χ3n) is 3.09. The zero-order valence-electron chi connectivity index (χ0n) is 11.4. The molecule has 0 saturated carbocycles. The molecule has 1 aromatic rings. The van der Waals surface area contributed by atoms with Gasteiger partial charge in [0.25, 0.3) is 5.91 Å². The van der Waals surface area contributed by atoms with Crippen LogP contribution >= 0.6 is 0 Å². The summed E-state index contributed by atoms with van der Waals surface area (Å²) < 4.78 is 5.41. The lowest BCUT2D eigenvalue weighted by molar-refractivity contribution is -0.141. The van der Waals surface area contributed by atoms with Crippen molar-refractivity contribution in [2.45, 2.75) is 27.7 Å². The molecule has 1 atom stereocenters.